The lowest BCUT2D eigenvalue weighted by molar-refractivity contribution is -0.379. The molecule has 19 heteroatoms. The summed E-state index contributed by atoms with van der Waals surface area (Å²) < 4.78 is 40.3. The smallest absolute Gasteiger partial charge is 0.217 e. The predicted molar refractivity (Wildman–Crippen MR) is 141 cm³/mol. The molecule has 0 bridgehead atoms. The van der Waals surface area contributed by atoms with Crippen molar-refractivity contribution in [3.05, 3.63) is 0 Å². The summed E-state index contributed by atoms with van der Waals surface area (Å²) in [6.07, 6.45) is -27.0. The Morgan fingerprint density at radius 1 is 0.667 bits per heavy atom. The first-order valence-corrected chi connectivity index (χ1v) is 14.7. The molecule has 0 spiro atoms. The number of carbonyl (C=O) groups excluding carboxylic acids is 1. The molecule has 0 aliphatic carbocycles. The van der Waals surface area contributed by atoms with Crippen LogP contribution in [0.1, 0.15) is 27.2 Å². The largest absolute Gasteiger partial charge is 0.394 e. The van der Waals surface area contributed by atoms with Crippen molar-refractivity contribution < 1.29 is 89.0 Å². The van der Waals surface area contributed by atoms with E-state index in [1.165, 1.54) is 13.8 Å². The second kappa shape index (κ2) is 15.3. The van der Waals surface area contributed by atoms with Gasteiger partial charge in [0.15, 0.2) is 25.2 Å². The molecule has 4 rings (SSSR count). The summed E-state index contributed by atoms with van der Waals surface area (Å²) in [5.74, 6) is -0.653. The molecule has 0 radical (unpaired) electrons. The monoisotopic (exact) mass is 659 g/mol. The van der Waals surface area contributed by atoms with Crippen molar-refractivity contribution in [1.82, 2.24) is 5.32 Å². The minimum atomic E-state index is -1.80. The van der Waals surface area contributed by atoms with Crippen LogP contribution in [0.3, 0.4) is 0 Å². The Morgan fingerprint density at radius 3 is 1.69 bits per heavy atom. The minimum absolute atomic E-state index is 0.285. The van der Waals surface area contributed by atoms with Crippen LogP contribution in [-0.2, 0) is 38.0 Å². The number of amides is 1. The molecule has 4 fully saturated rings. The summed E-state index contributed by atoms with van der Waals surface area (Å²) in [7, 11) is 0. The molecule has 0 aromatic carbocycles. The second-order valence-corrected chi connectivity index (χ2v) is 11.7. The van der Waals surface area contributed by atoms with Gasteiger partial charge >= 0.3 is 0 Å². The second-order valence-electron chi connectivity index (χ2n) is 11.7. The van der Waals surface area contributed by atoms with E-state index in [9.17, 15) is 55.9 Å². The molecule has 4 saturated heterocycles. The van der Waals surface area contributed by atoms with Gasteiger partial charge in [-0.1, -0.05) is 0 Å². The fourth-order valence-corrected chi connectivity index (χ4v) is 5.77. The first-order chi connectivity index (χ1) is 21.2. The molecule has 45 heavy (non-hydrogen) atoms. The van der Waals surface area contributed by atoms with E-state index < -0.39 is 136 Å². The zero-order valence-corrected chi connectivity index (χ0v) is 24.8. The lowest BCUT2D eigenvalue weighted by Crippen LogP contribution is -2.69. The summed E-state index contributed by atoms with van der Waals surface area (Å²) in [6.45, 7) is 2.50. The van der Waals surface area contributed by atoms with Crippen molar-refractivity contribution in [2.75, 3.05) is 13.2 Å². The molecular formula is C26H45NO18. The van der Waals surface area contributed by atoms with Gasteiger partial charge in [0.2, 0.25) is 5.91 Å². The van der Waals surface area contributed by atoms with Gasteiger partial charge in [0.25, 0.3) is 0 Å². The van der Waals surface area contributed by atoms with Gasteiger partial charge < -0.3 is 89.5 Å². The quantitative estimate of drug-likeness (QED) is 0.110. The number of aliphatic hydroxyl groups is 10. The Morgan fingerprint density at radius 2 is 1.18 bits per heavy atom. The number of carbonyl (C=O) groups is 1. The lowest BCUT2D eigenvalue weighted by atomic mass is 9.94. The van der Waals surface area contributed by atoms with Crippen LogP contribution in [0.25, 0.3) is 0 Å². The highest BCUT2D eigenvalue weighted by Crippen LogP contribution is 2.34. The maximum Gasteiger partial charge on any atom is 0.217 e. The van der Waals surface area contributed by atoms with Crippen molar-refractivity contribution in [3.8, 4) is 0 Å². The summed E-state index contributed by atoms with van der Waals surface area (Å²) in [4.78, 5) is 12.2. The lowest BCUT2D eigenvalue weighted by Gasteiger charge is -2.49. The molecule has 11 N–H and O–H groups in total. The number of aliphatic hydroxyl groups excluding tert-OH is 10. The zero-order chi connectivity index (χ0) is 33.3. The third kappa shape index (κ3) is 7.92. The van der Waals surface area contributed by atoms with Gasteiger partial charge in [0.05, 0.1) is 31.5 Å². The summed E-state index contributed by atoms with van der Waals surface area (Å²) >= 11 is 0. The van der Waals surface area contributed by atoms with Gasteiger partial charge in [-0.05, 0) is 13.8 Å². The van der Waals surface area contributed by atoms with Crippen molar-refractivity contribution in [2.24, 2.45) is 0 Å². The van der Waals surface area contributed by atoms with Gasteiger partial charge in [0.1, 0.15) is 73.2 Å². The van der Waals surface area contributed by atoms with Crippen LogP contribution in [0.5, 0.6) is 0 Å². The highest BCUT2D eigenvalue weighted by Gasteiger charge is 2.54. The van der Waals surface area contributed by atoms with Gasteiger partial charge in [-0.3, -0.25) is 4.79 Å². The number of hydrogen-bond donors (Lipinski definition) is 11. The molecule has 4 heterocycles. The van der Waals surface area contributed by atoms with E-state index in [0.29, 0.717) is 0 Å². The summed E-state index contributed by atoms with van der Waals surface area (Å²) in [5.41, 5.74) is 0. The zero-order valence-electron chi connectivity index (χ0n) is 24.8. The molecule has 0 saturated carbocycles. The maximum absolute atomic E-state index is 12.2. The van der Waals surface area contributed by atoms with Gasteiger partial charge in [-0.15, -0.1) is 0 Å². The number of rotatable bonds is 9. The molecule has 1 amide bonds. The number of ether oxygens (including phenoxy) is 7. The summed E-state index contributed by atoms with van der Waals surface area (Å²) in [6, 6.07) is -1.44. The maximum atomic E-state index is 12.2. The van der Waals surface area contributed by atoms with Crippen LogP contribution in [-0.4, -0.2) is 187 Å². The fraction of sp³-hybridized carbons (Fsp3) is 0.962. The third-order valence-electron chi connectivity index (χ3n) is 8.42. The summed E-state index contributed by atoms with van der Waals surface area (Å²) in [5, 5.41) is 106. The van der Waals surface area contributed by atoms with Gasteiger partial charge in [0, 0.05) is 13.3 Å². The molecule has 19 atom stereocenters. The predicted octanol–water partition coefficient (Wildman–Crippen LogP) is -6.52. The molecule has 262 valence electrons. The van der Waals surface area contributed by atoms with Crippen molar-refractivity contribution in [3.63, 3.8) is 0 Å². The first-order valence-electron chi connectivity index (χ1n) is 14.7. The molecule has 4 aliphatic heterocycles. The van der Waals surface area contributed by atoms with E-state index in [4.69, 9.17) is 33.2 Å². The Kier molecular flexibility index (Phi) is 12.5. The Labute approximate surface area is 257 Å². The highest BCUT2D eigenvalue weighted by molar-refractivity contribution is 5.73. The molecule has 0 unspecified atom stereocenters. The molecule has 4 aliphatic rings. The van der Waals surface area contributed by atoms with E-state index in [1.807, 2.05) is 0 Å². The topological polar surface area (TPSA) is 296 Å². The SMILES string of the molecule is CC(=O)N[C@@H]1[C@@H](O[C@@H]2O[C@H](CO)[C@H](O)C[C@H]2O[C@@H]2O[C@@H](C)[C@@H](O)[C@@H](O)[C@@H]2O)[C@H](O[C@@H]2O[C@@H](C)[C@@H](O)[C@@H](O)[C@@H]2O)[C@@H](CO)O[C@H]1O. The van der Waals surface area contributed by atoms with E-state index in [2.05, 4.69) is 5.32 Å². The minimum Gasteiger partial charge on any atom is -0.394 e. The van der Waals surface area contributed by atoms with E-state index in [-0.39, 0.29) is 6.42 Å². The molecular weight excluding hydrogens is 614 g/mol. The van der Waals surface area contributed by atoms with Crippen LogP contribution in [0, 0.1) is 0 Å². The fourth-order valence-electron chi connectivity index (χ4n) is 5.77. The van der Waals surface area contributed by atoms with E-state index in [0.717, 1.165) is 6.92 Å². The Bertz CT molecular complexity index is 965. The average Bonchev–Trinajstić information content (AvgIpc) is 2.99. The van der Waals surface area contributed by atoms with Crippen LogP contribution < -0.4 is 5.32 Å². The molecule has 0 aromatic heterocycles. The third-order valence-corrected chi connectivity index (χ3v) is 8.42. The Balaban J connectivity index is 1.65. The van der Waals surface area contributed by atoms with Gasteiger partial charge in [-0.2, -0.15) is 0 Å². The van der Waals surface area contributed by atoms with Crippen molar-refractivity contribution in [1.29, 1.82) is 0 Å². The van der Waals surface area contributed by atoms with Gasteiger partial charge in [-0.25, -0.2) is 0 Å². The van der Waals surface area contributed by atoms with Crippen LogP contribution >= 0.6 is 0 Å². The van der Waals surface area contributed by atoms with Crippen LogP contribution in [0.4, 0.5) is 0 Å². The Hall–Kier alpha value is -1.21. The normalized spacial score (nSPS) is 51.1. The number of nitrogens with one attached hydrogen (secondary N) is 1. The van der Waals surface area contributed by atoms with Crippen molar-refractivity contribution >= 4 is 5.91 Å². The van der Waals surface area contributed by atoms with E-state index in [1.54, 1.807) is 0 Å². The number of hydrogen-bond acceptors (Lipinski definition) is 18. The van der Waals surface area contributed by atoms with Crippen LogP contribution in [0.15, 0.2) is 0 Å². The van der Waals surface area contributed by atoms with Crippen LogP contribution in [0.2, 0.25) is 0 Å². The van der Waals surface area contributed by atoms with Crippen molar-refractivity contribution in [2.45, 2.75) is 144 Å². The molecule has 19 nitrogen and oxygen atoms in total. The van der Waals surface area contributed by atoms with E-state index >= 15 is 0 Å². The molecule has 0 aromatic rings. The highest BCUT2D eigenvalue weighted by atomic mass is 16.8. The standard InChI is InChI=1S/C26H45NO18/c1-7-15(32)17(34)19(36)25(39-7)42-11-4-10(31)12(5-28)43-24(11)45-22-14(27-9(3)30)23(38)41-13(6-29)21(22)44-26-20(37)18(35)16(33)8(2)40-26/h7-8,10-26,28-29,31-38H,4-6H2,1-3H3,(H,27,30)/t7-,8-,10+,11+,12+,13+,14+,15+,16+,17+,18+,19-,20-,21+,22+,23+,24-,25-,26-/m0/s1. The average molecular weight is 660 g/mol. The first kappa shape index (κ1) is 36.6.